The van der Waals surface area contributed by atoms with E-state index in [1.54, 1.807) is 0 Å². The molecule has 0 spiro atoms. The molecule has 0 aliphatic carbocycles. The molecule has 0 unspecified atom stereocenters. The molecule has 0 aliphatic heterocycles. The molecule has 0 atom stereocenters. The summed E-state index contributed by atoms with van der Waals surface area (Å²) in [6, 6.07) is 19.3. The first-order valence-electron chi connectivity index (χ1n) is 5.09. The van der Waals surface area contributed by atoms with Gasteiger partial charge in [0, 0.05) is 20.4 Å². The fourth-order valence-corrected chi connectivity index (χ4v) is 1.90. The molecule has 3 rings (SSSR count). The number of hydrogen-bond donors (Lipinski definition) is 0. The summed E-state index contributed by atoms with van der Waals surface area (Å²) in [6.07, 6.45) is 0. The van der Waals surface area contributed by atoms with Crippen LogP contribution in [-0.2, 0) is 34.4 Å². The molecule has 3 nitrogen and oxygen atoms in total. The molecule has 0 aromatic heterocycles. The van der Waals surface area contributed by atoms with Gasteiger partial charge in [0.1, 0.15) is 0 Å². The first-order valence-corrected chi connectivity index (χ1v) is 5.09. The van der Waals surface area contributed by atoms with Crippen LogP contribution in [0, 0.1) is 20.0 Å². The van der Waals surface area contributed by atoms with Gasteiger partial charge in [-0.25, -0.2) is 0 Å². The van der Waals surface area contributed by atoms with Gasteiger partial charge in [-0.05, 0) is 0 Å². The van der Waals surface area contributed by atoms with Crippen LogP contribution in [0.3, 0.4) is 0 Å². The van der Waals surface area contributed by atoms with Crippen LogP contribution >= 0.6 is 0 Å². The van der Waals surface area contributed by atoms with Gasteiger partial charge in [0.15, 0.2) is 0 Å². The van der Waals surface area contributed by atoms with Gasteiger partial charge in [-0.15, -0.1) is 39.7 Å². The number of benzene rings is 2. The molecule has 1 radical (unpaired) electrons. The Morgan fingerprint density at radius 2 is 0.900 bits per heavy atom. The molecule has 0 saturated heterocycles. The molecule has 4 heteroatoms. The zero-order valence-electron chi connectivity index (χ0n) is 10.3. The van der Waals surface area contributed by atoms with E-state index in [4.69, 9.17) is 14.0 Å². The Kier molecular flexibility index (Phi) is 12.5. The maximum absolute atomic E-state index is 7.50. The number of fused-ring (bicyclic) bond motifs is 3. The Morgan fingerprint density at radius 1 is 0.600 bits per heavy atom. The van der Waals surface area contributed by atoms with Gasteiger partial charge in [-0.1, -0.05) is 36.4 Å². The van der Waals surface area contributed by atoms with E-state index >= 15 is 0 Å². The summed E-state index contributed by atoms with van der Waals surface area (Å²) < 4.78 is 22.5. The first kappa shape index (κ1) is 20.5. The third kappa shape index (κ3) is 4.70. The first-order chi connectivity index (χ1) is 9.45. The maximum atomic E-state index is 7.50. The molecule has 0 N–H and O–H groups in total. The van der Waals surface area contributed by atoms with E-state index in [0.717, 1.165) is 0 Å². The summed E-state index contributed by atoms with van der Waals surface area (Å²) in [6.45, 7) is 13.5. The van der Waals surface area contributed by atoms with Crippen molar-refractivity contribution in [3.8, 4) is 0 Å². The summed E-state index contributed by atoms with van der Waals surface area (Å²) in [4.78, 5) is 0. The molecule has 3 aromatic rings. The van der Waals surface area contributed by atoms with Crippen LogP contribution in [0.25, 0.3) is 21.5 Å². The average Bonchev–Trinajstić information content (AvgIpc) is 2.92. The molecule has 0 fully saturated rings. The van der Waals surface area contributed by atoms with Gasteiger partial charge >= 0.3 is 33.9 Å². The van der Waals surface area contributed by atoms with E-state index in [1.807, 2.05) is 0 Å². The molecule has 0 amide bonds. The van der Waals surface area contributed by atoms with Crippen LogP contribution in [0.15, 0.2) is 54.6 Å². The SMILES string of the molecule is [C-]#[O+].[C-]#[O+].[C-]#[O+].[Re].c1ccc2c(c1)[cH-]c1ccccc12. The van der Waals surface area contributed by atoms with E-state index in [0.29, 0.717) is 0 Å². The van der Waals surface area contributed by atoms with Crippen molar-refractivity contribution in [3.05, 3.63) is 74.5 Å². The molecular formula is C16H9O3Re-. The van der Waals surface area contributed by atoms with E-state index in [2.05, 4.69) is 74.5 Å². The molecule has 99 valence electrons. The second-order valence-corrected chi connectivity index (χ2v) is 3.32. The van der Waals surface area contributed by atoms with Gasteiger partial charge in [0.25, 0.3) is 0 Å². The van der Waals surface area contributed by atoms with Crippen molar-refractivity contribution in [3.63, 3.8) is 0 Å². The predicted octanol–water partition coefficient (Wildman–Crippen LogP) is 3.60. The third-order valence-corrected chi connectivity index (χ3v) is 2.52. The Labute approximate surface area is 130 Å². The van der Waals surface area contributed by atoms with Gasteiger partial charge in [0.2, 0.25) is 0 Å². The van der Waals surface area contributed by atoms with E-state index in [-0.39, 0.29) is 20.4 Å². The number of rotatable bonds is 0. The standard InChI is InChI=1S/C13H9.3CO.Re/c1-3-7-12-10(5-1)9-11-6-2-4-8-13(11)12;3*1-2;/h1-9H;;;;/q-1;;;;. The number of hydrogen-bond acceptors (Lipinski definition) is 0. The van der Waals surface area contributed by atoms with Crippen molar-refractivity contribution in [1.82, 2.24) is 0 Å². The average molecular weight is 435 g/mol. The molecule has 0 aliphatic rings. The topological polar surface area (TPSA) is 59.7 Å². The van der Waals surface area contributed by atoms with Crippen molar-refractivity contribution in [2.24, 2.45) is 0 Å². The smallest absolute Gasteiger partial charge is 0 e. The summed E-state index contributed by atoms with van der Waals surface area (Å²) in [5.74, 6) is 0. The van der Waals surface area contributed by atoms with Crippen molar-refractivity contribution >= 4 is 21.5 Å². The summed E-state index contributed by atoms with van der Waals surface area (Å²) in [5.41, 5.74) is 0. The zero-order chi connectivity index (χ0) is 14.7. The van der Waals surface area contributed by atoms with E-state index in [1.165, 1.54) is 21.5 Å². The summed E-state index contributed by atoms with van der Waals surface area (Å²) >= 11 is 0. The molecule has 3 aromatic carbocycles. The summed E-state index contributed by atoms with van der Waals surface area (Å²) in [5, 5.41) is 5.39. The maximum Gasteiger partial charge on any atom is 0 e. The van der Waals surface area contributed by atoms with E-state index < -0.39 is 0 Å². The summed E-state index contributed by atoms with van der Waals surface area (Å²) in [7, 11) is 0. The van der Waals surface area contributed by atoms with Gasteiger partial charge < -0.3 is 0 Å². The molecular weight excluding hydrogens is 426 g/mol. The fourth-order valence-electron chi connectivity index (χ4n) is 1.90. The van der Waals surface area contributed by atoms with Gasteiger partial charge in [-0.2, -0.15) is 0 Å². The minimum atomic E-state index is 0. The minimum absolute atomic E-state index is 0. The second kappa shape index (κ2) is 12.2. The van der Waals surface area contributed by atoms with Crippen LogP contribution in [0.4, 0.5) is 0 Å². The Hall–Kier alpha value is -1.81. The van der Waals surface area contributed by atoms with Crippen LogP contribution in [-0.4, -0.2) is 0 Å². The van der Waals surface area contributed by atoms with Crippen molar-refractivity contribution in [2.45, 2.75) is 0 Å². The van der Waals surface area contributed by atoms with Crippen molar-refractivity contribution < 1.29 is 34.4 Å². The van der Waals surface area contributed by atoms with Gasteiger partial charge in [-0.3, -0.25) is 0 Å². The molecule has 0 heterocycles. The van der Waals surface area contributed by atoms with Crippen LogP contribution in [0.1, 0.15) is 0 Å². The monoisotopic (exact) mass is 436 g/mol. The van der Waals surface area contributed by atoms with E-state index in [9.17, 15) is 0 Å². The van der Waals surface area contributed by atoms with Crippen molar-refractivity contribution in [1.29, 1.82) is 0 Å². The fraction of sp³-hybridized carbons (Fsp3) is 0. The van der Waals surface area contributed by atoms with Crippen LogP contribution < -0.4 is 0 Å². The quantitative estimate of drug-likeness (QED) is 0.383. The Balaban J connectivity index is 0. The largest absolute Gasteiger partial charge is 0.126 e. The Bertz CT molecular complexity index is 628. The van der Waals surface area contributed by atoms with Crippen LogP contribution in [0.2, 0.25) is 0 Å². The zero-order valence-corrected chi connectivity index (χ0v) is 13.0. The predicted molar refractivity (Wildman–Crippen MR) is 68.8 cm³/mol. The van der Waals surface area contributed by atoms with Crippen molar-refractivity contribution in [2.75, 3.05) is 0 Å². The normalized spacial score (nSPS) is 7.50. The second-order valence-electron chi connectivity index (χ2n) is 3.32. The molecule has 0 saturated carbocycles. The molecule has 0 bridgehead atoms. The van der Waals surface area contributed by atoms with Gasteiger partial charge in [0.05, 0.1) is 0 Å². The minimum Gasteiger partial charge on any atom is -0.126 e. The third-order valence-electron chi connectivity index (χ3n) is 2.52. The van der Waals surface area contributed by atoms with Crippen LogP contribution in [0.5, 0.6) is 0 Å². The molecule has 20 heavy (non-hydrogen) atoms. The Morgan fingerprint density at radius 3 is 1.25 bits per heavy atom.